The summed E-state index contributed by atoms with van der Waals surface area (Å²) in [6.07, 6.45) is 1.06. The summed E-state index contributed by atoms with van der Waals surface area (Å²) in [5.41, 5.74) is 0.876. The van der Waals surface area contributed by atoms with E-state index in [4.69, 9.17) is 4.74 Å². The summed E-state index contributed by atoms with van der Waals surface area (Å²) >= 11 is 0. The molecule has 0 aromatic heterocycles. The van der Waals surface area contributed by atoms with Crippen molar-refractivity contribution in [2.24, 2.45) is 0 Å². The van der Waals surface area contributed by atoms with Crippen LogP contribution >= 0.6 is 0 Å². The Morgan fingerprint density at radius 2 is 1.61 bits per heavy atom. The number of benzene rings is 2. The molecule has 2 aromatic rings. The highest BCUT2D eigenvalue weighted by Crippen LogP contribution is 2.11. The summed E-state index contributed by atoms with van der Waals surface area (Å²) in [6, 6.07) is 16.5. The molecule has 7 heteroatoms. The molecule has 0 radical (unpaired) electrons. The number of nitrogens with one attached hydrogen (secondary N) is 2. The van der Waals surface area contributed by atoms with Gasteiger partial charge in [0.05, 0.1) is 11.0 Å². The molecule has 6 nitrogen and oxygen atoms in total. The monoisotopic (exact) mass is 404 g/mol. The Kier molecular flexibility index (Phi) is 8.63. The fourth-order valence-electron chi connectivity index (χ4n) is 2.62. The van der Waals surface area contributed by atoms with Crippen LogP contribution in [0, 0.1) is 0 Å². The summed E-state index contributed by atoms with van der Waals surface area (Å²) in [4.78, 5) is 12.8. The van der Waals surface area contributed by atoms with Gasteiger partial charge in [-0.25, -0.2) is 8.42 Å². The van der Waals surface area contributed by atoms with Crippen LogP contribution in [0.5, 0.6) is 0 Å². The molecule has 0 fully saturated rings. The second-order valence-electron chi connectivity index (χ2n) is 6.74. The second-order valence-corrected chi connectivity index (χ2v) is 8.45. The number of sulfonamides is 1. The van der Waals surface area contributed by atoms with Crippen LogP contribution < -0.4 is 10.0 Å². The number of amides is 1. The largest absolute Gasteiger partial charge is 0.379 e. The Bertz CT molecular complexity index is 824. The van der Waals surface area contributed by atoms with Gasteiger partial charge in [-0.15, -0.1) is 0 Å². The second kappa shape index (κ2) is 10.9. The molecule has 0 saturated heterocycles. The zero-order valence-corrected chi connectivity index (χ0v) is 17.1. The van der Waals surface area contributed by atoms with Crippen LogP contribution in [0.1, 0.15) is 25.8 Å². The van der Waals surface area contributed by atoms with E-state index in [-0.39, 0.29) is 23.3 Å². The van der Waals surface area contributed by atoms with Crippen molar-refractivity contribution in [2.45, 2.75) is 43.7 Å². The van der Waals surface area contributed by atoms with Gasteiger partial charge < -0.3 is 10.1 Å². The quantitative estimate of drug-likeness (QED) is 0.564. The maximum Gasteiger partial charge on any atom is 0.241 e. The van der Waals surface area contributed by atoms with E-state index in [1.165, 1.54) is 12.1 Å². The standard InChI is InChI=1S/C21H28N2O4S/c1-17(2)27-15-9-14-22-21(24)20(16-18-10-5-3-6-11-18)23-28(25,26)19-12-7-4-8-13-19/h3-8,10-13,17,20,23H,9,14-16H2,1-2H3,(H,22,24)/t20-/m0/s1. The van der Waals surface area contributed by atoms with Crippen LogP contribution in [0.25, 0.3) is 0 Å². The van der Waals surface area contributed by atoms with Crippen molar-refractivity contribution in [1.29, 1.82) is 0 Å². The molecule has 0 aliphatic carbocycles. The van der Waals surface area contributed by atoms with Crippen LogP contribution in [0.4, 0.5) is 0 Å². The average Bonchev–Trinajstić information content (AvgIpc) is 2.68. The maximum atomic E-state index is 12.7. The van der Waals surface area contributed by atoms with E-state index in [0.29, 0.717) is 19.6 Å². The first-order valence-corrected chi connectivity index (χ1v) is 10.9. The van der Waals surface area contributed by atoms with Crippen molar-refractivity contribution in [3.05, 3.63) is 66.2 Å². The van der Waals surface area contributed by atoms with Crippen molar-refractivity contribution in [3.63, 3.8) is 0 Å². The minimum absolute atomic E-state index is 0.131. The van der Waals surface area contributed by atoms with Gasteiger partial charge in [0.25, 0.3) is 0 Å². The fourth-order valence-corrected chi connectivity index (χ4v) is 3.84. The molecular weight excluding hydrogens is 376 g/mol. The van der Waals surface area contributed by atoms with Crippen molar-refractivity contribution >= 4 is 15.9 Å². The van der Waals surface area contributed by atoms with Crippen LogP contribution in [0.15, 0.2) is 65.6 Å². The van der Waals surface area contributed by atoms with E-state index in [1.807, 2.05) is 44.2 Å². The third kappa shape index (κ3) is 7.42. The zero-order valence-electron chi connectivity index (χ0n) is 16.3. The smallest absolute Gasteiger partial charge is 0.241 e. The van der Waals surface area contributed by atoms with Gasteiger partial charge in [-0.3, -0.25) is 4.79 Å². The summed E-state index contributed by atoms with van der Waals surface area (Å²) in [6.45, 7) is 4.86. The van der Waals surface area contributed by atoms with E-state index >= 15 is 0 Å². The highest BCUT2D eigenvalue weighted by molar-refractivity contribution is 7.89. The molecule has 1 amide bonds. The van der Waals surface area contributed by atoms with Crippen LogP contribution in [0.2, 0.25) is 0 Å². The van der Waals surface area contributed by atoms with Crippen molar-refractivity contribution in [2.75, 3.05) is 13.2 Å². The van der Waals surface area contributed by atoms with Crippen molar-refractivity contribution < 1.29 is 17.9 Å². The summed E-state index contributed by atoms with van der Waals surface area (Å²) < 4.78 is 33.4. The lowest BCUT2D eigenvalue weighted by atomic mass is 10.1. The molecule has 0 saturated carbocycles. The summed E-state index contributed by atoms with van der Waals surface area (Å²) in [7, 11) is -3.81. The number of carbonyl (C=O) groups is 1. The highest BCUT2D eigenvalue weighted by Gasteiger charge is 2.25. The van der Waals surface area contributed by atoms with Gasteiger partial charge >= 0.3 is 0 Å². The van der Waals surface area contributed by atoms with Gasteiger partial charge in [0.1, 0.15) is 6.04 Å². The van der Waals surface area contributed by atoms with E-state index in [0.717, 1.165) is 5.56 Å². The molecule has 28 heavy (non-hydrogen) atoms. The molecule has 0 unspecified atom stereocenters. The van der Waals surface area contributed by atoms with E-state index < -0.39 is 16.1 Å². The molecule has 0 aliphatic rings. The molecule has 1 atom stereocenters. The van der Waals surface area contributed by atoms with Gasteiger partial charge in [-0.2, -0.15) is 4.72 Å². The minimum Gasteiger partial charge on any atom is -0.379 e. The molecule has 2 rings (SSSR count). The Morgan fingerprint density at radius 1 is 1.00 bits per heavy atom. The molecule has 0 spiro atoms. The van der Waals surface area contributed by atoms with Crippen LogP contribution in [-0.4, -0.2) is 39.6 Å². The van der Waals surface area contributed by atoms with Gasteiger partial charge in [0.2, 0.25) is 15.9 Å². The van der Waals surface area contributed by atoms with Crippen molar-refractivity contribution in [1.82, 2.24) is 10.0 Å². The van der Waals surface area contributed by atoms with Crippen molar-refractivity contribution in [3.8, 4) is 0 Å². The number of hydrogen-bond acceptors (Lipinski definition) is 4. The normalized spacial score (nSPS) is 12.7. The minimum atomic E-state index is -3.81. The number of carbonyl (C=O) groups excluding carboxylic acids is 1. The molecular formula is C21H28N2O4S. The first-order chi connectivity index (χ1) is 13.4. The first kappa shape index (κ1) is 22.1. The average molecular weight is 405 g/mol. The zero-order chi connectivity index (χ0) is 20.4. The third-order valence-electron chi connectivity index (χ3n) is 4.02. The van der Waals surface area contributed by atoms with Gasteiger partial charge in [-0.05, 0) is 44.4 Å². The number of hydrogen-bond donors (Lipinski definition) is 2. The lowest BCUT2D eigenvalue weighted by Crippen LogP contribution is -2.48. The van der Waals surface area contributed by atoms with E-state index in [2.05, 4.69) is 10.0 Å². The Balaban J connectivity index is 2.05. The predicted molar refractivity (Wildman–Crippen MR) is 109 cm³/mol. The molecule has 0 bridgehead atoms. The topological polar surface area (TPSA) is 84.5 Å². The van der Waals surface area contributed by atoms with Gasteiger partial charge in [-0.1, -0.05) is 48.5 Å². The van der Waals surface area contributed by atoms with Gasteiger partial charge in [0, 0.05) is 13.2 Å². The SMILES string of the molecule is CC(C)OCCCNC(=O)[C@H](Cc1ccccc1)NS(=O)(=O)c1ccccc1. The van der Waals surface area contributed by atoms with Gasteiger partial charge in [0.15, 0.2) is 0 Å². The fraction of sp³-hybridized carbons (Fsp3) is 0.381. The molecule has 0 aliphatic heterocycles. The summed E-state index contributed by atoms with van der Waals surface area (Å²) in [5.74, 6) is -0.354. The molecule has 152 valence electrons. The molecule has 2 aromatic carbocycles. The van der Waals surface area contributed by atoms with Crippen LogP contribution in [-0.2, 0) is 26.0 Å². The van der Waals surface area contributed by atoms with Crippen LogP contribution in [0.3, 0.4) is 0 Å². The highest BCUT2D eigenvalue weighted by atomic mass is 32.2. The van der Waals surface area contributed by atoms with E-state index in [9.17, 15) is 13.2 Å². The summed E-state index contributed by atoms with van der Waals surface area (Å²) in [5, 5.41) is 2.80. The third-order valence-corrected chi connectivity index (χ3v) is 5.51. The predicted octanol–water partition coefficient (Wildman–Crippen LogP) is 2.51. The number of ether oxygens (including phenoxy) is 1. The number of rotatable bonds is 11. The molecule has 2 N–H and O–H groups in total. The van der Waals surface area contributed by atoms with E-state index in [1.54, 1.807) is 18.2 Å². The first-order valence-electron chi connectivity index (χ1n) is 9.39. The molecule has 0 heterocycles. The lowest BCUT2D eigenvalue weighted by molar-refractivity contribution is -0.122. The Hall–Kier alpha value is -2.22. The Labute approximate surface area is 167 Å². The Morgan fingerprint density at radius 3 is 2.21 bits per heavy atom. The maximum absolute atomic E-state index is 12.7. The lowest BCUT2D eigenvalue weighted by Gasteiger charge is -2.19.